The molecule has 96 valence electrons. The summed E-state index contributed by atoms with van der Waals surface area (Å²) in [6.45, 7) is 4.50. The molecule has 1 aromatic rings. The summed E-state index contributed by atoms with van der Waals surface area (Å²) >= 11 is 0. The van der Waals surface area contributed by atoms with Crippen molar-refractivity contribution >= 4 is 0 Å². The summed E-state index contributed by atoms with van der Waals surface area (Å²) in [7, 11) is 0. The minimum atomic E-state index is 0.0740. The van der Waals surface area contributed by atoms with Crippen LogP contribution < -0.4 is 5.32 Å². The fraction of sp³-hybridized carbons (Fsp3) is 0.538. The lowest BCUT2D eigenvalue weighted by Crippen LogP contribution is -2.17. The molecule has 1 aromatic carbocycles. The maximum atomic E-state index is 9.78. The van der Waals surface area contributed by atoms with Crippen molar-refractivity contribution in [2.45, 2.75) is 19.9 Å². The lowest BCUT2D eigenvalue weighted by atomic mass is 10.1. The minimum Gasteiger partial charge on any atom is -0.507 e. The Morgan fingerprint density at radius 3 is 2.88 bits per heavy atom. The van der Waals surface area contributed by atoms with Crippen LogP contribution in [0.4, 0.5) is 0 Å². The molecule has 3 N–H and O–H groups in total. The first-order valence-electron chi connectivity index (χ1n) is 5.92. The summed E-state index contributed by atoms with van der Waals surface area (Å²) in [5.41, 5.74) is 1.82. The molecule has 0 radical (unpaired) electrons. The van der Waals surface area contributed by atoms with E-state index in [4.69, 9.17) is 9.84 Å². The van der Waals surface area contributed by atoms with E-state index < -0.39 is 0 Å². The summed E-state index contributed by atoms with van der Waals surface area (Å²) in [5.74, 6) is 0.372. The Morgan fingerprint density at radius 1 is 1.29 bits per heavy atom. The molecular formula is C13H21NO3. The third-order valence-electron chi connectivity index (χ3n) is 2.51. The number of phenolic OH excluding ortho intramolecular Hbond substituents is 1. The molecule has 0 aromatic heterocycles. The molecule has 0 atom stereocenters. The predicted octanol–water partition coefficient (Wildman–Crippen LogP) is 1.19. The van der Waals surface area contributed by atoms with Crippen molar-refractivity contribution in [3.05, 3.63) is 29.3 Å². The largest absolute Gasteiger partial charge is 0.507 e. The molecule has 4 heteroatoms. The molecule has 0 fully saturated rings. The number of ether oxygens (including phenoxy) is 1. The lowest BCUT2D eigenvalue weighted by molar-refractivity contribution is 0.0907. The van der Waals surface area contributed by atoms with Gasteiger partial charge in [-0.3, -0.25) is 0 Å². The highest BCUT2D eigenvalue weighted by atomic mass is 16.5. The van der Waals surface area contributed by atoms with E-state index in [2.05, 4.69) is 5.32 Å². The number of para-hydroxylation sites is 1. The van der Waals surface area contributed by atoms with E-state index in [1.165, 1.54) is 0 Å². The monoisotopic (exact) mass is 239 g/mol. The predicted molar refractivity (Wildman–Crippen MR) is 67.1 cm³/mol. The fourth-order valence-electron chi connectivity index (χ4n) is 1.55. The van der Waals surface area contributed by atoms with E-state index in [0.717, 1.165) is 24.1 Å². The van der Waals surface area contributed by atoms with Gasteiger partial charge in [0.15, 0.2) is 0 Å². The zero-order valence-electron chi connectivity index (χ0n) is 10.3. The average molecular weight is 239 g/mol. The van der Waals surface area contributed by atoms with Gasteiger partial charge in [0, 0.05) is 18.7 Å². The van der Waals surface area contributed by atoms with Crippen molar-refractivity contribution in [2.75, 3.05) is 26.4 Å². The number of aliphatic hydroxyl groups is 1. The number of benzene rings is 1. The second-order valence-corrected chi connectivity index (χ2v) is 3.95. The Bertz CT molecular complexity index is 328. The Kier molecular flexibility index (Phi) is 6.62. The molecule has 1 rings (SSSR count). The van der Waals surface area contributed by atoms with Crippen LogP contribution in [-0.4, -0.2) is 36.6 Å². The van der Waals surface area contributed by atoms with Gasteiger partial charge in [0.25, 0.3) is 0 Å². The molecule has 0 saturated carbocycles. The highest BCUT2D eigenvalue weighted by molar-refractivity contribution is 5.39. The van der Waals surface area contributed by atoms with Crippen LogP contribution in [0.25, 0.3) is 0 Å². The first kappa shape index (κ1) is 14.0. The van der Waals surface area contributed by atoms with E-state index in [1.54, 1.807) is 0 Å². The van der Waals surface area contributed by atoms with E-state index in [0.29, 0.717) is 25.5 Å². The maximum Gasteiger partial charge on any atom is 0.122 e. The number of aliphatic hydroxyl groups excluding tert-OH is 1. The third-order valence-corrected chi connectivity index (χ3v) is 2.51. The number of aryl methyl sites for hydroxylation is 1. The molecule has 0 saturated heterocycles. The normalized spacial score (nSPS) is 10.7. The topological polar surface area (TPSA) is 61.7 Å². The van der Waals surface area contributed by atoms with E-state index in [1.807, 2.05) is 25.1 Å². The average Bonchev–Trinajstić information content (AvgIpc) is 2.33. The summed E-state index contributed by atoms with van der Waals surface area (Å²) in [6, 6.07) is 5.75. The molecule has 4 nitrogen and oxygen atoms in total. The molecule has 0 unspecified atom stereocenters. The van der Waals surface area contributed by atoms with Crippen LogP contribution in [0.2, 0.25) is 0 Å². The first-order chi connectivity index (χ1) is 8.25. The van der Waals surface area contributed by atoms with Crippen LogP contribution in [0.1, 0.15) is 17.5 Å². The first-order valence-corrected chi connectivity index (χ1v) is 5.92. The van der Waals surface area contributed by atoms with Crippen molar-refractivity contribution in [3.8, 4) is 5.75 Å². The van der Waals surface area contributed by atoms with Gasteiger partial charge in [0.05, 0.1) is 13.2 Å². The zero-order chi connectivity index (χ0) is 12.5. The van der Waals surface area contributed by atoms with Gasteiger partial charge in [-0.05, 0) is 25.5 Å². The summed E-state index contributed by atoms with van der Waals surface area (Å²) in [5, 5.41) is 21.5. The van der Waals surface area contributed by atoms with Crippen LogP contribution >= 0.6 is 0 Å². The van der Waals surface area contributed by atoms with Crippen LogP contribution in [-0.2, 0) is 11.3 Å². The van der Waals surface area contributed by atoms with Gasteiger partial charge in [0.2, 0.25) is 0 Å². The number of hydrogen-bond acceptors (Lipinski definition) is 4. The number of aromatic hydroxyl groups is 1. The minimum absolute atomic E-state index is 0.0740. The van der Waals surface area contributed by atoms with Crippen LogP contribution in [0.15, 0.2) is 18.2 Å². The van der Waals surface area contributed by atoms with Crippen molar-refractivity contribution in [1.82, 2.24) is 5.32 Å². The van der Waals surface area contributed by atoms with Crippen molar-refractivity contribution in [3.63, 3.8) is 0 Å². The number of rotatable bonds is 8. The van der Waals surface area contributed by atoms with Gasteiger partial charge in [-0.2, -0.15) is 0 Å². The Morgan fingerprint density at radius 2 is 2.12 bits per heavy atom. The number of nitrogens with one attached hydrogen (secondary N) is 1. The maximum absolute atomic E-state index is 9.78. The molecular weight excluding hydrogens is 218 g/mol. The molecule has 0 aliphatic rings. The lowest BCUT2D eigenvalue weighted by Gasteiger charge is -2.08. The van der Waals surface area contributed by atoms with Gasteiger partial charge in [0.1, 0.15) is 5.75 Å². The summed E-state index contributed by atoms with van der Waals surface area (Å²) in [6.07, 6.45) is 0.895. The highest BCUT2D eigenvalue weighted by Crippen LogP contribution is 2.20. The molecule has 17 heavy (non-hydrogen) atoms. The van der Waals surface area contributed by atoms with Crippen LogP contribution in [0.5, 0.6) is 5.75 Å². The van der Waals surface area contributed by atoms with E-state index in [9.17, 15) is 5.11 Å². The van der Waals surface area contributed by atoms with Crippen molar-refractivity contribution in [2.24, 2.45) is 0 Å². The highest BCUT2D eigenvalue weighted by Gasteiger charge is 2.02. The van der Waals surface area contributed by atoms with Gasteiger partial charge in [-0.15, -0.1) is 0 Å². The van der Waals surface area contributed by atoms with E-state index in [-0.39, 0.29) is 6.61 Å². The molecule has 0 heterocycles. The van der Waals surface area contributed by atoms with Gasteiger partial charge in [-0.25, -0.2) is 0 Å². The number of hydrogen-bond donors (Lipinski definition) is 3. The van der Waals surface area contributed by atoms with E-state index >= 15 is 0 Å². The van der Waals surface area contributed by atoms with Crippen molar-refractivity contribution < 1.29 is 14.9 Å². The van der Waals surface area contributed by atoms with Crippen LogP contribution in [0, 0.1) is 6.92 Å². The molecule has 0 aliphatic carbocycles. The van der Waals surface area contributed by atoms with Gasteiger partial charge < -0.3 is 20.3 Å². The molecule has 0 amide bonds. The molecule has 0 spiro atoms. The number of phenols is 1. The van der Waals surface area contributed by atoms with Crippen molar-refractivity contribution in [1.29, 1.82) is 0 Å². The SMILES string of the molecule is Cc1cccc(CNCCCOCCO)c1O. The zero-order valence-corrected chi connectivity index (χ0v) is 10.3. The standard InChI is InChI=1S/C13H21NO3/c1-11-4-2-5-12(13(11)16)10-14-6-3-8-17-9-7-15/h2,4-5,14-16H,3,6-10H2,1H3. The molecule has 0 bridgehead atoms. The summed E-state index contributed by atoms with van der Waals surface area (Å²) < 4.78 is 5.14. The summed E-state index contributed by atoms with van der Waals surface area (Å²) in [4.78, 5) is 0. The quantitative estimate of drug-likeness (QED) is 0.596. The van der Waals surface area contributed by atoms with Gasteiger partial charge >= 0.3 is 0 Å². The Balaban J connectivity index is 2.16. The fourth-order valence-corrected chi connectivity index (χ4v) is 1.55. The molecule has 0 aliphatic heterocycles. The second-order valence-electron chi connectivity index (χ2n) is 3.95. The third kappa shape index (κ3) is 5.17. The Hall–Kier alpha value is -1.10. The smallest absolute Gasteiger partial charge is 0.122 e. The second kappa shape index (κ2) is 8.06. The Labute approximate surface area is 102 Å². The van der Waals surface area contributed by atoms with Crippen LogP contribution in [0.3, 0.4) is 0 Å². The van der Waals surface area contributed by atoms with Gasteiger partial charge in [-0.1, -0.05) is 18.2 Å².